The molecule has 0 saturated carbocycles. The molecule has 0 amide bonds. The van der Waals surface area contributed by atoms with Gasteiger partial charge in [-0.1, -0.05) is 42.5 Å². The van der Waals surface area contributed by atoms with Gasteiger partial charge in [0.2, 0.25) is 0 Å². The van der Waals surface area contributed by atoms with Gasteiger partial charge in [0.25, 0.3) is 0 Å². The smallest absolute Gasteiger partial charge is 0.161 e. The number of halogens is 1. The summed E-state index contributed by atoms with van der Waals surface area (Å²) < 4.78 is 10.5. The Labute approximate surface area is 172 Å². The molecule has 6 heteroatoms. The van der Waals surface area contributed by atoms with Gasteiger partial charge in [0.05, 0.1) is 27.2 Å². The van der Waals surface area contributed by atoms with Crippen molar-refractivity contribution in [1.29, 1.82) is 0 Å². The van der Waals surface area contributed by atoms with E-state index in [9.17, 15) is 9.90 Å². The molecule has 28 heavy (non-hydrogen) atoms. The van der Waals surface area contributed by atoms with Crippen LogP contribution in [0.4, 0.5) is 0 Å². The van der Waals surface area contributed by atoms with Crippen LogP contribution < -0.4 is 27.2 Å². The van der Waals surface area contributed by atoms with Crippen molar-refractivity contribution in [2.75, 3.05) is 20.8 Å². The molecule has 0 aliphatic carbocycles. The van der Waals surface area contributed by atoms with E-state index in [1.807, 2.05) is 60.8 Å². The van der Waals surface area contributed by atoms with Crippen molar-refractivity contribution in [1.82, 2.24) is 0 Å². The van der Waals surface area contributed by atoms with Gasteiger partial charge in [-0.15, -0.1) is 0 Å². The Morgan fingerprint density at radius 2 is 1.79 bits per heavy atom. The van der Waals surface area contributed by atoms with E-state index in [0.717, 1.165) is 11.1 Å². The highest BCUT2D eigenvalue weighted by atomic mass is 35.5. The van der Waals surface area contributed by atoms with Crippen LogP contribution in [-0.4, -0.2) is 37.7 Å². The van der Waals surface area contributed by atoms with Crippen LogP contribution in [0.3, 0.4) is 0 Å². The molecule has 2 rings (SSSR count). The number of carbonyl (C=O) groups excluding carboxylic acids is 1. The van der Waals surface area contributed by atoms with Gasteiger partial charge in [0.1, 0.15) is 12.1 Å². The molecule has 2 aromatic rings. The number of ketones is 1. The van der Waals surface area contributed by atoms with E-state index in [4.69, 9.17) is 9.47 Å². The largest absolute Gasteiger partial charge is 1.00 e. The highest BCUT2D eigenvalue weighted by Gasteiger charge is 2.18. The SMILES string of the molecule is COc1ccc(/C=C/C(=O)CC[NH2+]C(C)C(O)c2ccccc2)cc1OC.[Cl-]. The van der Waals surface area contributed by atoms with Crippen molar-refractivity contribution < 1.29 is 37.1 Å². The molecule has 5 nitrogen and oxygen atoms in total. The zero-order valence-corrected chi connectivity index (χ0v) is 17.2. The zero-order valence-electron chi connectivity index (χ0n) is 16.5. The maximum atomic E-state index is 12.1. The Balaban J connectivity index is 0.00000392. The van der Waals surface area contributed by atoms with Gasteiger partial charge in [-0.3, -0.25) is 4.79 Å². The lowest BCUT2D eigenvalue weighted by molar-refractivity contribution is -0.693. The second kappa shape index (κ2) is 12.2. The summed E-state index contributed by atoms with van der Waals surface area (Å²) in [6.07, 6.45) is 3.21. The number of quaternary nitrogens is 1. The average Bonchev–Trinajstić information content (AvgIpc) is 2.71. The third-order valence-corrected chi connectivity index (χ3v) is 4.44. The lowest BCUT2D eigenvalue weighted by atomic mass is 10.0. The molecular weight excluding hydrogens is 378 g/mol. The van der Waals surface area contributed by atoms with Crippen LogP contribution in [0.15, 0.2) is 54.6 Å². The number of allylic oxidation sites excluding steroid dienone is 1. The fourth-order valence-electron chi connectivity index (χ4n) is 2.80. The molecule has 0 fully saturated rings. The summed E-state index contributed by atoms with van der Waals surface area (Å²) >= 11 is 0. The number of methoxy groups -OCH3 is 2. The van der Waals surface area contributed by atoms with Crippen molar-refractivity contribution >= 4 is 11.9 Å². The number of aliphatic hydroxyl groups is 1. The van der Waals surface area contributed by atoms with Gasteiger partial charge in [-0.05, 0) is 36.3 Å². The summed E-state index contributed by atoms with van der Waals surface area (Å²) in [4.78, 5) is 12.1. The third-order valence-electron chi connectivity index (χ3n) is 4.44. The minimum atomic E-state index is -0.552. The predicted octanol–water partition coefficient (Wildman–Crippen LogP) is -0.634. The Kier molecular flexibility index (Phi) is 10.3. The van der Waals surface area contributed by atoms with E-state index in [1.54, 1.807) is 26.4 Å². The third kappa shape index (κ3) is 7.00. The molecule has 0 aromatic heterocycles. The van der Waals surface area contributed by atoms with Crippen molar-refractivity contribution in [3.63, 3.8) is 0 Å². The first-order chi connectivity index (χ1) is 13.0. The highest BCUT2D eigenvalue weighted by molar-refractivity contribution is 5.93. The number of carbonyl (C=O) groups is 1. The van der Waals surface area contributed by atoms with Crippen LogP contribution in [0, 0.1) is 0 Å². The predicted molar refractivity (Wildman–Crippen MR) is 106 cm³/mol. The maximum absolute atomic E-state index is 12.1. The van der Waals surface area contributed by atoms with E-state index in [2.05, 4.69) is 0 Å². The van der Waals surface area contributed by atoms with Crippen LogP contribution in [0.25, 0.3) is 6.08 Å². The first-order valence-corrected chi connectivity index (χ1v) is 9.04. The number of benzene rings is 2. The standard InChI is InChI=1S/C22H27NO4.ClH/c1-16(22(25)18-7-5-4-6-8-18)23-14-13-19(24)11-9-17-10-12-20(26-2)21(15-17)27-3;/h4-12,15-16,22-23,25H,13-14H2,1-3H3;1H/b11-9+;. The van der Waals surface area contributed by atoms with Crippen LogP contribution in [0.1, 0.15) is 30.6 Å². The first kappa shape index (κ1) is 23.7. The Morgan fingerprint density at radius 1 is 1.11 bits per heavy atom. The topological polar surface area (TPSA) is 72.4 Å². The molecule has 2 aromatic carbocycles. The summed E-state index contributed by atoms with van der Waals surface area (Å²) in [7, 11) is 3.17. The first-order valence-electron chi connectivity index (χ1n) is 9.04. The van der Waals surface area contributed by atoms with E-state index < -0.39 is 6.10 Å². The molecule has 0 radical (unpaired) electrons. The van der Waals surface area contributed by atoms with E-state index >= 15 is 0 Å². The van der Waals surface area contributed by atoms with Gasteiger partial charge in [0.15, 0.2) is 17.3 Å². The molecule has 0 aliphatic heterocycles. The van der Waals surface area contributed by atoms with Crippen molar-refractivity contribution in [2.45, 2.75) is 25.5 Å². The van der Waals surface area contributed by atoms with Gasteiger partial charge in [-0.25, -0.2) is 0 Å². The summed E-state index contributed by atoms with van der Waals surface area (Å²) in [5.74, 6) is 1.33. The second-order valence-electron chi connectivity index (χ2n) is 6.40. The summed E-state index contributed by atoms with van der Waals surface area (Å²) in [6.45, 7) is 2.59. The maximum Gasteiger partial charge on any atom is 0.161 e. The number of hydrogen-bond acceptors (Lipinski definition) is 4. The van der Waals surface area contributed by atoms with E-state index in [1.165, 1.54) is 0 Å². The van der Waals surface area contributed by atoms with Crippen LogP contribution in [0.5, 0.6) is 11.5 Å². The van der Waals surface area contributed by atoms with Crippen LogP contribution in [0.2, 0.25) is 0 Å². The average molecular weight is 406 g/mol. The Bertz CT molecular complexity index is 764. The molecule has 0 spiro atoms. The number of nitrogens with two attached hydrogens (primary N) is 1. The summed E-state index contributed by atoms with van der Waals surface area (Å²) in [6, 6.07) is 15.1. The van der Waals surface area contributed by atoms with Gasteiger partial charge in [0, 0.05) is 0 Å². The number of aliphatic hydroxyl groups excluding tert-OH is 1. The molecule has 152 valence electrons. The Hall–Kier alpha value is -2.34. The molecule has 2 unspecified atom stereocenters. The van der Waals surface area contributed by atoms with Gasteiger partial charge in [-0.2, -0.15) is 0 Å². The van der Waals surface area contributed by atoms with Crippen LogP contribution >= 0.6 is 0 Å². The minimum Gasteiger partial charge on any atom is -1.00 e. The molecule has 0 aliphatic rings. The quantitative estimate of drug-likeness (QED) is 0.516. The van der Waals surface area contributed by atoms with Gasteiger partial charge >= 0.3 is 0 Å². The molecule has 0 heterocycles. The van der Waals surface area contributed by atoms with Crippen molar-refractivity contribution in [2.24, 2.45) is 0 Å². The second-order valence-corrected chi connectivity index (χ2v) is 6.40. The lowest BCUT2D eigenvalue weighted by Gasteiger charge is -2.17. The molecule has 0 bridgehead atoms. The molecule has 2 atom stereocenters. The monoisotopic (exact) mass is 405 g/mol. The minimum absolute atomic E-state index is 0. The fraction of sp³-hybridized carbons (Fsp3) is 0.318. The van der Waals surface area contributed by atoms with Crippen LogP contribution in [-0.2, 0) is 4.79 Å². The van der Waals surface area contributed by atoms with Gasteiger partial charge < -0.3 is 32.3 Å². The summed E-state index contributed by atoms with van der Waals surface area (Å²) in [5.41, 5.74) is 1.76. The fourth-order valence-corrected chi connectivity index (χ4v) is 2.80. The van der Waals surface area contributed by atoms with Crippen molar-refractivity contribution in [3.8, 4) is 11.5 Å². The van der Waals surface area contributed by atoms with E-state index in [-0.39, 0.29) is 24.2 Å². The highest BCUT2D eigenvalue weighted by Crippen LogP contribution is 2.27. The number of hydrogen-bond donors (Lipinski definition) is 2. The number of rotatable bonds is 10. The molecule has 3 N–H and O–H groups in total. The molecule has 0 saturated heterocycles. The normalized spacial score (nSPS) is 12.9. The lowest BCUT2D eigenvalue weighted by Crippen LogP contribution is -3.00. The van der Waals surface area contributed by atoms with E-state index in [0.29, 0.717) is 24.5 Å². The van der Waals surface area contributed by atoms with Crippen molar-refractivity contribution in [3.05, 3.63) is 65.7 Å². The zero-order chi connectivity index (χ0) is 19.6. The summed E-state index contributed by atoms with van der Waals surface area (Å²) in [5, 5.41) is 12.3. The number of ether oxygens (including phenoxy) is 2. The Morgan fingerprint density at radius 3 is 2.43 bits per heavy atom. The molecular formula is C22H28ClNO4.